The quantitative estimate of drug-likeness (QED) is 0.821. The summed E-state index contributed by atoms with van der Waals surface area (Å²) in [5.74, 6) is 2.27. The molecule has 0 spiro atoms. The van der Waals surface area contributed by atoms with Gasteiger partial charge < -0.3 is 4.90 Å². The lowest BCUT2D eigenvalue weighted by molar-refractivity contribution is 0.480. The predicted octanol–water partition coefficient (Wildman–Crippen LogP) is 1.96. The first-order valence-electron chi connectivity index (χ1n) is 6.64. The molecule has 0 aromatic carbocycles. The zero-order valence-electron chi connectivity index (χ0n) is 11.0. The second-order valence-electron chi connectivity index (χ2n) is 4.87. The van der Waals surface area contributed by atoms with Gasteiger partial charge in [-0.1, -0.05) is 0 Å². The maximum absolute atomic E-state index is 4.48. The van der Waals surface area contributed by atoms with Crippen molar-refractivity contribution in [2.45, 2.75) is 25.7 Å². The summed E-state index contributed by atoms with van der Waals surface area (Å²) < 4.78 is 0. The van der Waals surface area contributed by atoms with Gasteiger partial charge in [-0.3, -0.25) is 0 Å². The molecule has 1 aliphatic heterocycles. The van der Waals surface area contributed by atoms with Gasteiger partial charge in [0.2, 0.25) is 5.95 Å². The van der Waals surface area contributed by atoms with E-state index in [1.807, 2.05) is 37.6 Å². The van der Waals surface area contributed by atoms with Crippen LogP contribution in [-0.4, -0.2) is 33.0 Å². The van der Waals surface area contributed by atoms with Crippen LogP contribution >= 0.6 is 0 Å². The van der Waals surface area contributed by atoms with Crippen LogP contribution in [-0.2, 0) is 0 Å². The van der Waals surface area contributed by atoms with Crippen LogP contribution in [0.25, 0.3) is 0 Å². The van der Waals surface area contributed by atoms with Crippen LogP contribution in [0, 0.1) is 6.92 Å². The summed E-state index contributed by atoms with van der Waals surface area (Å²) >= 11 is 0. The normalized spacial score (nSPS) is 16.6. The van der Waals surface area contributed by atoms with Crippen molar-refractivity contribution >= 4 is 5.95 Å². The summed E-state index contributed by atoms with van der Waals surface area (Å²) in [5, 5.41) is 0. The molecule has 0 aliphatic carbocycles. The highest BCUT2D eigenvalue weighted by atomic mass is 15.2. The molecule has 98 valence electrons. The molecule has 0 unspecified atom stereocenters. The summed E-state index contributed by atoms with van der Waals surface area (Å²) in [4.78, 5) is 19.8. The predicted molar refractivity (Wildman–Crippen MR) is 73.0 cm³/mol. The molecule has 0 bridgehead atoms. The van der Waals surface area contributed by atoms with Crippen molar-refractivity contribution in [3.05, 3.63) is 42.2 Å². The lowest BCUT2D eigenvalue weighted by Gasteiger charge is -2.31. The van der Waals surface area contributed by atoms with Crippen molar-refractivity contribution in [3.63, 3.8) is 0 Å². The van der Waals surface area contributed by atoms with Gasteiger partial charge in [0, 0.05) is 43.3 Å². The molecule has 2 aromatic rings. The Hall–Kier alpha value is -2.04. The Balaban J connectivity index is 1.67. The monoisotopic (exact) mass is 255 g/mol. The Kier molecular flexibility index (Phi) is 3.35. The van der Waals surface area contributed by atoms with Gasteiger partial charge in [-0.25, -0.2) is 19.9 Å². The molecule has 3 heterocycles. The van der Waals surface area contributed by atoms with Gasteiger partial charge in [0.05, 0.1) is 0 Å². The van der Waals surface area contributed by atoms with E-state index in [9.17, 15) is 0 Å². The van der Waals surface area contributed by atoms with Crippen molar-refractivity contribution in [1.29, 1.82) is 0 Å². The fourth-order valence-corrected chi connectivity index (χ4v) is 2.45. The molecule has 0 radical (unpaired) electrons. The minimum Gasteiger partial charge on any atom is -0.341 e. The van der Waals surface area contributed by atoms with Crippen LogP contribution in [0.5, 0.6) is 0 Å². The van der Waals surface area contributed by atoms with Crippen molar-refractivity contribution in [3.8, 4) is 0 Å². The first-order chi connectivity index (χ1) is 9.33. The molecule has 2 aromatic heterocycles. The van der Waals surface area contributed by atoms with Gasteiger partial charge in [0.15, 0.2) is 0 Å². The number of rotatable bonds is 2. The number of piperidine rings is 1. The topological polar surface area (TPSA) is 54.8 Å². The fraction of sp³-hybridized carbons (Fsp3) is 0.429. The lowest BCUT2D eigenvalue weighted by Crippen LogP contribution is -2.34. The highest BCUT2D eigenvalue weighted by Crippen LogP contribution is 2.26. The van der Waals surface area contributed by atoms with Crippen LogP contribution in [0.15, 0.2) is 30.7 Å². The average molecular weight is 255 g/mol. The molecule has 0 N–H and O–H groups in total. The maximum Gasteiger partial charge on any atom is 0.225 e. The van der Waals surface area contributed by atoms with Crippen LogP contribution in [0.4, 0.5) is 5.95 Å². The summed E-state index contributed by atoms with van der Waals surface area (Å²) in [5.41, 5.74) is 1.01. The van der Waals surface area contributed by atoms with E-state index in [-0.39, 0.29) is 0 Å². The summed E-state index contributed by atoms with van der Waals surface area (Å²) in [7, 11) is 0. The van der Waals surface area contributed by atoms with Gasteiger partial charge in [0.25, 0.3) is 0 Å². The molecule has 0 amide bonds. The van der Waals surface area contributed by atoms with Gasteiger partial charge in [-0.15, -0.1) is 0 Å². The molecule has 1 aliphatic rings. The Morgan fingerprint density at radius 2 is 1.79 bits per heavy atom. The lowest BCUT2D eigenvalue weighted by atomic mass is 9.96. The van der Waals surface area contributed by atoms with E-state index in [2.05, 4.69) is 24.8 Å². The first-order valence-corrected chi connectivity index (χ1v) is 6.64. The third-order valence-electron chi connectivity index (χ3n) is 3.51. The minimum atomic E-state index is 0.460. The van der Waals surface area contributed by atoms with Gasteiger partial charge in [0.1, 0.15) is 5.82 Å². The molecular formula is C14H17N5. The van der Waals surface area contributed by atoms with Crippen LogP contribution < -0.4 is 4.90 Å². The van der Waals surface area contributed by atoms with Crippen LogP contribution in [0.1, 0.15) is 30.3 Å². The highest BCUT2D eigenvalue weighted by Gasteiger charge is 2.23. The molecule has 19 heavy (non-hydrogen) atoms. The van der Waals surface area contributed by atoms with Crippen molar-refractivity contribution in [1.82, 2.24) is 19.9 Å². The summed E-state index contributed by atoms with van der Waals surface area (Å²) in [6.45, 7) is 3.93. The number of hydrogen-bond donors (Lipinski definition) is 0. The van der Waals surface area contributed by atoms with Crippen molar-refractivity contribution < 1.29 is 0 Å². The SMILES string of the molecule is Cc1ccnc(N2CCC(c3ncccn3)CC2)n1. The standard InChI is InChI=1S/C14H17N5/c1-11-3-8-17-14(18-11)19-9-4-12(5-10-19)13-15-6-2-7-16-13/h2-3,6-8,12H,4-5,9-10H2,1H3. The van der Waals surface area contributed by atoms with Gasteiger partial charge in [-0.05, 0) is 31.9 Å². The number of hydrogen-bond acceptors (Lipinski definition) is 5. The molecule has 1 saturated heterocycles. The smallest absolute Gasteiger partial charge is 0.225 e. The molecule has 0 saturated carbocycles. The van der Waals surface area contributed by atoms with Crippen molar-refractivity contribution in [2.75, 3.05) is 18.0 Å². The Morgan fingerprint density at radius 1 is 1.05 bits per heavy atom. The summed E-state index contributed by atoms with van der Waals surface area (Å²) in [6.07, 6.45) is 7.57. The van der Waals surface area contributed by atoms with Gasteiger partial charge in [-0.2, -0.15) is 0 Å². The molecule has 5 nitrogen and oxygen atoms in total. The molecule has 3 rings (SSSR count). The number of anilines is 1. The third kappa shape index (κ3) is 2.70. The second-order valence-corrected chi connectivity index (χ2v) is 4.87. The third-order valence-corrected chi connectivity index (χ3v) is 3.51. The molecule has 1 fully saturated rings. The minimum absolute atomic E-state index is 0.460. The zero-order valence-corrected chi connectivity index (χ0v) is 11.0. The van der Waals surface area contributed by atoms with E-state index in [0.717, 1.165) is 43.4 Å². The zero-order chi connectivity index (χ0) is 13.1. The maximum atomic E-state index is 4.48. The summed E-state index contributed by atoms with van der Waals surface area (Å²) in [6, 6.07) is 3.78. The van der Waals surface area contributed by atoms with Crippen molar-refractivity contribution in [2.24, 2.45) is 0 Å². The molecule has 0 atom stereocenters. The number of aryl methyl sites for hydroxylation is 1. The first kappa shape index (κ1) is 12.0. The van der Waals surface area contributed by atoms with E-state index in [0.29, 0.717) is 5.92 Å². The number of nitrogens with zero attached hydrogens (tertiary/aromatic N) is 5. The Morgan fingerprint density at radius 3 is 2.47 bits per heavy atom. The van der Waals surface area contributed by atoms with E-state index < -0.39 is 0 Å². The molecular weight excluding hydrogens is 238 g/mol. The van der Waals surface area contributed by atoms with Crippen LogP contribution in [0.3, 0.4) is 0 Å². The van der Waals surface area contributed by atoms with Crippen LogP contribution in [0.2, 0.25) is 0 Å². The molecule has 5 heteroatoms. The van der Waals surface area contributed by atoms with E-state index in [1.54, 1.807) is 0 Å². The highest BCUT2D eigenvalue weighted by molar-refractivity contribution is 5.31. The van der Waals surface area contributed by atoms with E-state index in [1.165, 1.54) is 0 Å². The Labute approximate surface area is 112 Å². The van der Waals surface area contributed by atoms with Gasteiger partial charge >= 0.3 is 0 Å². The second kappa shape index (κ2) is 5.30. The Bertz CT molecular complexity index is 535. The number of aromatic nitrogens is 4. The fourth-order valence-electron chi connectivity index (χ4n) is 2.45. The average Bonchev–Trinajstić information content (AvgIpc) is 2.48. The largest absolute Gasteiger partial charge is 0.341 e. The van der Waals surface area contributed by atoms with E-state index >= 15 is 0 Å². The van der Waals surface area contributed by atoms with E-state index in [4.69, 9.17) is 0 Å².